The highest BCUT2D eigenvalue weighted by atomic mass is 14.9. The quantitative estimate of drug-likeness (QED) is 0.806. The van der Waals surface area contributed by atoms with E-state index in [1.165, 1.54) is 11.1 Å². The van der Waals surface area contributed by atoms with Crippen LogP contribution in [0.4, 0.5) is 11.4 Å². The minimum absolute atomic E-state index is 0.507. The third kappa shape index (κ3) is 2.61. The lowest BCUT2D eigenvalue weighted by molar-refractivity contribution is 1.12. The first-order valence-electron chi connectivity index (χ1n) is 5.78. The van der Waals surface area contributed by atoms with Crippen molar-refractivity contribution >= 4 is 11.4 Å². The lowest BCUT2D eigenvalue weighted by atomic mass is 10.1. The number of rotatable bonds is 3. The van der Waals surface area contributed by atoms with E-state index in [9.17, 15) is 0 Å². The van der Waals surface area contributed by atoms with Crippen LogP contribution in [0.15, 0.2) is 42.5 Å². The van der Waals surface area contributed by atoms with Gasteiger partial charge in [0.25, 0.3) is 0 Å². The maximum absolute atomic E-state index is 8.80. The number of hydrogen-bond acceptors (Lipinski definition) is 3. The smallest absolute Gasteiger partial charge is 0.101 e. The SMILES string of the molecule is Cc1ccccc1CNc1ccc(C#N)c(N)c1. The van der Waals surface area contributed by atoms with Gasteiger partial charge in [-0.15, -0.1) is 0 Å². The lowest BCUT2D eigenvalue weighted by Gasteiger charge is -2.09. The standard InChI is InChI=1S/C15H15N3/c1-11-4-2-3-5-13(11)10-18-14-7-6-12(9-16)15(17)8-14/h2-8,18H,10,17H2,1H3. The number of nitrogens with zero attached hydrogens (tertiary/aromatic N) is 1. The molecule has 3 heteroatoms. The molecule has 0 amide bonds. The fourth-order valence-corrected chi connectivity index (χ4v) is 1.78. The highest BCUT2D eigenvalue weighted by Gasteiger charge is 2.01. The summed E-state index contributed by atoms with van der Waals surface area (Å²) in [7, 11) is 0. The molecule has 3 N–H and O–H groups in total. The Morgan fingerprint density at radius 3 is 2.67 bits per heavy atom. The normalized spacial score (nSPS) is 9.78. The average molecular weight is 237 g/mol. The molecule has 0 saturated carbocycles. The number of nitrogens with two attached hydrogens (primary N) is 1. The number of hydrogen-bond donors (Lipinski definition) is 2. The van der Waals surface area contributed by atoms with Gasteiger partial charge in [0, 0.05) is 12.2 Å². The Bertz CT molecular complexity index is 597. The fourth-order valence-electron chi connectivity index (χ4n) is 1.78. The van der Waals surface area contributed by atoms with Gasteiger partial charge in [0.2, 0.25) is 0 Å². The second-order valence-electron chi connectivity index (χ2n) is 4.19. The van der Waals surface area contributed by atoms with Gasteiger partial charge in [0.1, 0.15) is 6.07 Å². The van der Waals surface area contributed by atoms with Gasteiger partial charge in [0.15, 0.2) is 0 Å². The van der Waals surface area contributed by atoms with E-state index in [0.29, 0.717) is 11.3 Å². The largest absolute Gasteiger partial charge is 0.398 e. The lowest BCUT2D eigenvalue weighted by Crippen LogP contribution is -2.02. The van der Waals surface area contributed by atoms with Gasteiger partial charge in [-0.2, -0.15) is 5.26 Å². The van der Waals surface area contributed by atoms with Crippen molar-refractivity contribution < 1.29 is 0 Å². The van der Waals surface area contributed by atoms with E-state index in [2.05, 4.69) is 30.4 Å². The van der Waals surface area contributed by atoms with Crippen LogP contribution in [0.2, 0.25) is 0 Å². The van der Waals surface area contributed by atoms with Crippen LogP contribution < -0.4 is 11.1 Å². The summed E-state index contributed by atoms with van der Waals surface area (Å²) >= 11 is 0. The van der Waals surface area contributed by atoms with E-state index >= 15 is 0 Å². The van der Waals surface area contributed by atoms with Crippen LogP contribution in [0.5, 0.6) is 0 Å². The van der Waals surface area contributed by atoms with E-state index in [1.54, 1.807) is 12.1 Å². The third-order valence-corrected chi connectivity index (χ3v) is 2.92. The molecule has 2 aromatic rings. The fraction of sp³-hybridized carbons (Fsp3) is 0.133. The second-order valence-corrected chi connectivity index (χ2v) is 4.19. The second kappa shape index (κ2) is 5.24. The topological polar surface area (TPSA) is 61.8 Å². The first-order valence-corrected chi connectivity index (χ1v) is 5.78. The predicted molar refractivity (Wildman–Crippen MR) is 74.1 cm³/mol. The Hall–Kier alpha value is -2.47. The predicted octanol–water partition coefficient (Wildman–Crippen LogP) is 3.06. The zero-order valence-corrected chi connectivity index (χ0v) is 10.3. The Balaban J connectivity index is 2.10. The number of nitriles is 1. The van der Waals surface area contributed by atoms with Gasteiger partial charge in [-0.05, 0) is 36.2 Å². The van der Waals surface area contributed by atoms with Gasteiger partial charge in [-0.25, -0.2) is 0 Å². The molecular weight excluding hydrogens is 222 g/mol. The number of benzene rings is 2. The van der Waals surface area contributed by atoms with E-state index in [1.807, 2.05) is 18.2 Å². The third-order valence-electron chi connectivity index (χ3n) is 2.92. The molecule has 0 aromatic heterocycles. The monoisotopic (exact) mass is 237 g/mol. The van der Waals surface area contributed by atoms with Crippen LogP contribution >= 0.6 is 0 Å². The molecule has 18 heavy (non-hydrogen) atoms. The molecular formula is C15H15N3. The summed E-state index contributed by atoms with van der Waals surface area (Å²) < 4.78 is 0. The molecule has 0 fully saturated rings. The van der Waals surface area contributed by atoms with Crippen molar-refractivity contribution in [1.82, 2.24) is 0 Å². The number of nitrogen functional groups attached to an aromatic ring is 1. The van der Waals surface area contributed by atoms with E-state index in [-0.39, 0.29) is 0 Å². The van der Waals surface area contributed by atoms with Gasteiger partial charge in [0.05, 0.1) is 11.3 Å². The molecule has 0 spiro atoms. The zero-order valence-electron chi connectivity index (χ0n) is 10.3. The van der Waals surface area contributed by atoms with Gasteiger partial charge >= 0.3 is 0 Å². The zero-order chi connectivity index (χ0) is 13.0. The van der Waals surface area contributed by atoms with Crippen LogP contribution in [0, 0.1) is 18.3 Å². The van der Waals surface area contributed by atoms with Crippen LogP contribution in [0.1, 0.15) is 16.7 Å². The summed E-state index contributed by atoms with van der Waals surface area (Å²) in [6.45, 7) is 2.84. The van der Waals surface area contributed by atoms with E-state index in [4.69, 9.17) is 11.0 Å². The van der Waals surface area contributed by atoms with Crippen LogP contribution in [-0.4, -0.2) is 0 Å². The van der Waals surface area contributed by atoms with Crippen molar-refractivity contribution in [2.24, 2.45) is 0 Å². The summed E-state index contributed by atoms with van der Waals surface area (Å²) in [5.74, 6) is 0. The number of nitrogens with one attached hydrogen (secondary N) is 1. The summed E-state index contributed by atoms with van der Waals surface area (Å²) in [4.78, 5) is 0. The molecule has 0 heterocycles. The Morgan fingerprint density at radius 2 is 2.00 bits per heavy atom. The molecule has 0 bridgehead atoms. The molecule has 0 saturated heterocycles. The number of aryl methyl sites for hydroxylation is 1. The number of anilines is 2. The van der Waals surface area contributed by atoms with Gasteiger partial charge < -0.3 is 11.1 Å². The van der Waals surface area contributed by atoms with Crippen LogP contribution in [-0.2, 0) is 6.54 Å². The first kappa shape index (κ1) is 12.0. The van der Waals surface area contributed by atoms with Crippen molar-refractivity contribution in [1.29, 1.82) is 5.26 Å². The molecule has 0 atom stereocenters. The van der Waals surface area contributed by atoms with Crippen molar-refractivity contribution in [2.75, 3.05) is 11.1 Å². The highest BCUT2D eigenvalue weighted by molar-refractivity contribution is 5.62. The maximum Gasteiger partial charge on any atom is 0.101 e. The molecule has 2 rings (SSSR count). The molecule has 90 valence electrons. The molecule has 0 radical (unpaired) electrons. The van der Waals surface area contributed by atoms with E-state index < -0.39 is 0 Å². The van der Waals surface area contributed by atoms with Crippen LogP contribution in [0.25, 0.3) is 0 Å². The van der Waals surface area contributed by atoms with Crippen molar-refractivity contribution in [2.45, 2.75) is 13.5 Å². The Labute approximate surface area is 107 Å². The highest BCUT2D eigenvalue weighted by Crippen LogP contribution is 2.18. The minimum Gasteiger partial charge on any atom is -0.398 e. The van der Waals surface area contributed by atoms with Crippen molar-refractivity contribution in [3.63, 3.8) is 0 Å². The summed E-state index contributed by atoms with van der Waals surface area (Å²) in [6.07, 6.45) is 0. The minimum atomic E-state index is 0.507. The van der Waals surface area contributed by atoms with Crippen LogP contribution in [0.3, 0.4) is 0 Å². The molecule has 0 aliphatic carbocycles. The summed E-state index contributed by atoms with van der Waals surface area (Å²) in [5.41, 5.74) is 10.2. The molecule has 0 aliphatic rings. The van der Waals surface area contributed by atoms with E-state index in [0.717, 1.165) is 12.2 Å². The molecule has 0 unspecified atom stereocenters. The van der Waals surface area contributed by atoms with Gasteiger partial charge in [-0.3, -0.25) is 0 Å². The Kier molecular flexibility index (Phi) is 3.49. The van der Waals surface area contributed by atoms with Crippen molar-refractivity contribution in [3.05, 3.63) is 59.2 Å². The maximum atomic E-state index is 8.80. The Morgan fingerprint density at radius 1 is 1.22 bits per heavy atom. The molecule has 2 aromatic carbocycles. The van der Waals surface area contributed by atoms with Crippen molar-refractivity contribution in [3.8, 4) is 6.07 Å². The molecule has 3 nitrogen and oxygen atoms in total. The molecule has 0 aliphatic heterocycles. The average Bonchev–Trinajstić information content (AvgIpc) is 2.38. The van der Waals surface area contributed by atoms with Gasteiger partial charge in [-0.1, -0.05) is 24.3 Å². The summed E-state index contributed by atoms with van der Waals surface area (Å²) in [6, 6.07) is 15.7. The first-order chi connectivity index (χ1) is 8.70. The summed E-state index contributed by atoms with van der Waals surface area (Å²) in [5, 5.41) is 12.1.